The molecule has 1 heterocycles. The lowest BCUT2D eigenvalue weighted by Gasteiger charge is -2.22. The van der Waals surface area contributed by atoms with Gasteiger partial charge in [0.1, 0.15) is 11.8 Å². The molecule has 0 radical (unpaired) electrons. The summed E-state index contributed by atoms with van der Waals surface area (Å²) < 4.78 is 6.80. The number of Topliss-reactive ketones (excluding diaryl/α,β-unsaturated/α-hetero) is 1. The Labute approximate surface area is 247 Å². The SMILES string of the molecule is CCC(=O)c1ccc(Cl)cc1-c1cc(=O)n(C(CC(=N)/C=C\NC2CC2)C(=O)Nc2ccc(C(=O)O)cc2)cc1OC. The highest BCUT2D eigenvalue weighted by Gasteiger charge is 2.26. The van der Waals surface area contributed by atoms with E-state index in [0.29, 0.717) is 33.4 Å². The van der Waals surface area contributed by atoms with Crippen LogP contribution < -0.4 is 20.9 Å². The number of carbonyl (C=O) groups is 3. The van der Waals surface area contributed by atoms with Crippen molar-refractivity contribution >= 4 is 40.7 Å². The van der Waals surface area contributed by atoms with Gasteiger partial charge in [-0.25, -0.2) is 4.79 Å². The number of carboxylic acids is 1. The molecule has 1 aliphatic rings. The molecule has 1 saturated carbocycles. The number of nitrogens with one attached hydrogen (secondary N) is 3. The minimum atomic E-state index is -1.16. The van der Waals surface area contributed by atoms with Crippen molar-refractivity contribution in [1.29, 1.82) is 5.41 Å². The lowest BCUT2D eigenvalue weighted by atomic mass is 9.96. The molecule has 3 aromatic rings. The molecule has 1 amide bonds. The van der Waals surface area contributed by atoms with Gasteiger partial charge in [0.15, 0.2) is 5.78 Å². The quantitative estimate of drug-likeness (QED) is 0.155. The maximum atomic E-state index is 13.6. The lowest BCUT2D eigenvalue weighted by molar-refractivity contribution is -0.119. The van der Waals surface area contributed by atoms with E-state index in [1.807, 2.05) is 0 Å². The van der Waals surface area contributed by atoms with Gasteiger partial charge in [0.05, 0.1) is 18.9 Å². The number of aromatic nitrogens is 1. The summed E-state index contributed by atoms with van der Waals surface area (Å²) in [6.07, 6.45) is 6.83. The standard InChI is InChI=1S/C31H31ClN4O6/c1-3-27(37)23-11-6-19(32)14-24(23)25-16-29(38)36(17-28(25)42-2)26(15-20(33)12-13-34-21-9-10-21)30(39)35-22-7-4-18(5-8-22)31(40)41/h4-8,11-14,16-17,21,26,33-34H,3,9-10,15H2,1-2H3,(H,35,39)(H,40,41)/b13-12-,33-20?. The van der Waals surface area contributed by atoms with E-state index in [1.54, 1.807) is 37.4 Å². The fraction of sp³-hybridized carbons (Fsp3) is 0.258. The summed E-state index contributed by atoms with van der Waals surface area (Å²) in [5, 5.41) is 23.9. The number of rotatable bonds is 13. The van der Waals surface area contributed by atoms with E-state index in [9.17, 15) is 19.2 Å². The van der Waals surface area contributed by atoms with Crippen molar-refractivity contribution in [3.63, 3.8) is 0 Å². The number of nitrogens with zero attached hydrogens (tertiary/aromatic N) is 1. The van der Waals surface area contributed by atoms with Gasteiger partial charge in [0.25, 0.3) is 5.56 Å². The van der Waals surface area contributed by atoms with Crippen molar-refractivity contribution in [2.45, 2.75) is 44.7 Å². The van der Waals surface area contributed by atoms with Crippen LogP contribution in [0.15, 0.2) is 71.8 Å². The number of hydrogen-bond donors (Lipinski definition) is 4. The molecule has 2 aromatic carbocycles. The first-order valence-corrected chi connectivity index (χ1v) is 13.8. The summed E-state index contributed by atoms with van der Waals surface area (Å²) in [5.74, 6) is -1.61. The van der Waals surface area contributed by atoms with Gasteiger partial charge in [0.2, 0.25) is 5.91 Å². The second-order valence-electron chi connectivity index (χ2n) is 9.86. The third-order valence-electron chi connectivity index (χ3n) is 6.80. The number of aromatic carboxylic acids is 1. The molecule has 218 valence electrons. The van der Waals surface area contributed by atoms with Crippen molar-refractivity contribution in [3.05, 3.63) is 93.5 Å². The molecule has 4 N–H and O–H groups in total. The summed E-state index contributed by atoms with van der Waals surface area (Å²) >= 11 is 6.24. The molecule has 11 heteroatoms. The minimum Gasteiger partial charge on any atom is -0.495 e. The Hall–Kier alpha value is -4.70. The highest BCUT2D eigenvalue weighted by molar-refractivity contribution is 6.31. The number of hydrogen-bond acceptors (Lipinski definition) is 7. The number of pyridine rings is 1. The van der Waals surface area contributed by atoms with Crippen LogP contribution in [0.4, 0.5) is 5.69 Å². The average Bonchev–Trinajstić information content (AvgIpc) is 3.80. The number of ether oxygens (including phenoxy) is 1. The number of benzene rings is 2. The lowest BCUT2D eigenvalue weighted by Crippen LogP contribution is -2.34. The Morgan fingerprint density at radius 1 is 1.14 bits per heavy atom. The number of ketones is 1. The summed E-state index contributed by atoms with van der Waals surface area (Å²) in [6, 6.07) is 10.9. The Bertz CT molecular complexity index is 1610. The maximum Gasteiger partial charge on any atom is 0.335 e. The zero-order valence-electron chi connectivity index (χ0n) is 23.1. The van der Waals surface area contributed by atoms with E-state index in [-0.39, 0.29) is 35.6 Å². The molecule has 0 saturated heterocycles. The van der Waals surface area contributed by atoms with Crippen molar-refractivity contribution in [2.75, 3.05) is 12.4 Å². The number of carbonyl (C=O) groups excluding carboxylic acids is 2. The molecule has 0 spiro atoms. The van der Waals surface area contributed by atoms with E-state index in [1.165, 1.54) is 48.2 Å². The molecule has 1 atom stereocenters. The van der Waals surface area contributed by atoms with Gasteiger partial charge in [-0.1, -0.05) is 18.5 Å². The van der Waals surface area contributed by atoms with Crippen molar-refractivity contribution in [2.24, 2.45) is 0 Å². The minimum absolute atomic E-state index is 0.0538. The zero-order valence-corrected chi connectivity index (χ0v) is 23.9. The second kappa shape index (κ2) is 13.3. The van der Waals surface area contributed by atoms with E-state index in [0.717, 1.165) is 12.8 Å². The van der Waals surface area contributed by atoms with Gasteiger partial charge in [0, 0.05) is 52.5 Å². The van der Waals surface area contributed by atoms with Crippen LogP contribution in [0.2, 0.25) is 5.02 Å². The Balaban J connectivity index is 1.73. The van der Waals surface area contributed by atoms with Crippen LogP contribution in [0.3, 0.4) is 0 Å². The smallest absolute Gasteiger partial charge is 0.335 e. The fourth-order valence-corrected chi connectivity index (χ4v) is 4.54. The number of anilines is 1. The van der Waals surface area contributed by atoms with Gasteiger partial charge in [-0.2, -0.15) is 0 Å². The van der Waals surface area contributed by atoms with Crippen LogP contribution in [0.5, 0.6) is 5.75 Å². The topological polar surface area (TPSA) is 151 Å². The fourth-order valence-electron chi connectivity index (χ4n) is 4.37. The summed E-state index contributed by atoms with van der Waals surface area (Å²) in [4.78, 5) is 51.0. The normalized spacial score (nSPS) is 13.4. The maximum absolute atomic E-state index is 13.6. The Morgan fingerprint density at radius 2 is 1.86 bits per heavy atom. The van der Waals surface area contributed by atoms with Gasteiger partial charge in [-0.3, -0.25) is 19.0 Å². The van der Waals surface area contributed by atoms with Crippen LogP contribution in [-0.4, -0.2) is 46.2 Å². The number of allylic oxidation sites excluding steroid dienone is 1. The van der Waals surface area contributed by atoms with Crippen LogP contribution in [0, 0.1) is 5.41 Å². The van der Waals surface area contributed by atoms with E-state index < -0.39 is 23.5 Å². The average molecular weight is 591 g/mol. The summed E-state index contributed by atoms with van der Waals surface area (Å²) in [7, 11) is 1.41. The first-order chi connectivity index (χ1) is 20.1. The third-order valence-corrected chi connectivity index (χ3v) is 7.04. The molecule has 0 bridgehead atoms. The monoisotopic (exact) mass is 590 g/mol. The molecule has 1 aliphatic carbocycles. The van der Waals surface area contributed by atoms with Crippen molar-refractivity contribution < 1.29 is 24.2 Å². The summed E-state index contributed by atoms with van der Waals surface area (Å²) in [6.45, 7) is 1.73. The van der Waals surface area contributed by atoms with E-state index >= 15 is 0 Å². The molecule has 4 rings (SSSR count). The van der Waals surface area contributed by atoms with Gasteiger partial charge in [-0.05, 0) is 73.1 Å². The third kappa shape index (κ3) is 7.32. The zero-order chi connectivity index (χ0) is 30.4. The molecule has 0 aliphatic heterocycles. The molecule has 1 unspecified atom stereocenters. The van der Waals surface area contributed by atoms with E-state index in [2.05, 4.69) is 10.6 Å². The Kier molecular flexibility index (Phi) is 9.59. The van der Waals surface area contributed by atoms with Gasteiger partial charge < -0.3 is 25.9 Å². The highest BCUT2D eigenvalue weighted by atomic mass is 35.5. The first kappa shape index (κ1) is 30.3. The predicted molar refractivity (Wildman–Crippen MR) is 161 cm³/mol. The van der Waals surface area contributed by atoms with Crippen LogP contribution in [-0.2, 0) is 4.79 Å². The van der Waals surface area contributed by atoms with Crippen LogP contribution in [0.1, 0.15) is 59.4 Å². The van der Waals surface area contributed by atoms with Gasteiger partial charge >= 0.3 is 5.97 Å². The summed E-state index contributed by atoms with van der Waals surface area (Å²) in [5.41, 5.74) is 1.07. The van der Waals surface area contributed by atoms with E-state index in [4.69, 9.17) is 26.9 Å². The number of methoxy groups -OCH3 is 1. The van der Waals surface area contributed by atoms with Crippen LogP contribution in [0.25, 0.3) is 11.1 Å². The van der Waals surface area contributed by atoms with Crippen molar-refractivity contribution in [1.82, 2.24) is 9.88 Å². The molecular formula is C31H31ClN4O6. The largest absolute Gasteiger partial charge is 0.495 e. The molecular weight excluding hydrogens is 560 g/mol. The molecule has 10 nitrogen and oxygen atoms in total. The predicted octanol–water partition coefficient (Wildman–Crippen LogP) is 5.32. The highest BCUT2D eigenvalue weighted by Crippen LogP contribution is 2.34. The molecule has 42 heavy (non-hydrogen) atoms. The molecule has 1 fully saturated rings. The number of halogens is 1. The molecule has 1 aromatic heterocycles. The second-order valence-corrected chi connectivity index (χ2v) is 10.3. The first-order valence-electron chi connectivity index (χ1n) is 13.4. The number of carboxylic acid groups (broad SMARTS) is 1. The van der Waals surface area contributed by atoms with Gasteiger partial charge in [-0.15, -0.1) is 0 Å². The van der Waals surface area contributed by atoms with Crippen molar-refractivity contribution in [3.8, 4) is 16.9 Å². The van der Waals surface area contributed by atoms with Crippen LogP contribution >= 0.6 is 11.6 Å². The Morgan fingerprint density at radius 3 is 2.48 bits per heavy atom. The number of amides is 1.